The van der Waals surface area contributed by atoms with Gasteiger partial charge in [-0.05, 0) is 33.6 Å². The molecule has 2 rings (SSSR count). The number of rotatable bonds is 4. The van der Waals surface area contributed by atoms with E-state index in [9.17, 15) is 4.79 Å². The van der Waals surface area contributed by atoms with Crippen LogP contribution in [-0.4, -0.2) is 44.4 Å². The number of nitrogens with one attached hydrogen (secondary N) is 1. The smallest absolute Gasteiger partial charge is 0.407 e. The summed E-state index contributed by atoms with van der Waals surface area (Å²) in [7, 11) is 0. The largest absolute Gasteiger partial charge is 0.444 e. The summed E-state index contributed by atoms with van der Waals surface area (Å²) in [4.78, 5) is 11.6. The molecule has 7 nitrogen and oxygen atoms in total. The number of hydrogen-bond donors (Lipinski definition) is 2. The van der Waals surface area contributed by atoms with Crippen molar-refractivity contribution in [2.45, 2.75) is 57.7 Å². The van der Waals surface area contributed by atoms with Crippen LogP contribution in [-0.2, 0) is 11.2 Å². The molecule has 0 bridgehead atoms. The maximum absolute atomic E-state index is 11.6. The Morgan fingerprint density at radius 1 is 1.55 bits per heavy atom. The molecule has 0 saturated heterocycles. The molecule has 0 aliphatic heterocycles. The highest BCUT2D eigenvalue weighted by atomic mass is 16.6. The number of carbonyl (C=O) groups excluding carboxylic acids is 1. The van der Waals surface area contributed by atoms with Gasteiger partial charge in [0.1, 0.15) is 5.60 Å². The highest BCUT2D eigenvalue weighted by Gasteiger charge is 2.34. The maximum Gasteiger partial charge on any atom is 0.407 e. The van der Waals surface area contributed by atoms with E-state index in [0.717, 1.165) is 18.5 Å². The van der Waals surface area contributed by atoms with Crippen LogP contribution >= 0.6 is 0 Å². The Morgan fingerprint density at radius 3 is 2.85 bits per heavy atom. The van der Waals surface area contributed by atoms with E-state index >= 15 is 0 Å². The fourth-order valence-corrected chi connectivity index (χ4v) is 2.25. The molecule has 1 amide bonds. The number of carbonyl (C=O) groups is 1. The second-order valence-corrected chi connectivity index (χ2v) is 6.11. The van der Waals surface area contributed by atoms with Crippen LogP contribution in [0.5, 0.6) is 0 Å². The lowest BCUT2D eigenvalue weighted by Gasteiger charge is -2.36. The standard InChI is InChI=1S/C13H22N4O3/c1-13(2,3)20-12(19)15-9-6-11(7-9)17-10(4-5-18)8-14-16-17/h8-9,11,18H,4-7H2,1-3H3,(H,15,19)/t9-,11-. The van der Waals surface area contributed by atoms with Crippen molar-refractivity contribution in [2.75, 3.05) is 6.61 Å². The summed E-state index contributed by atoms with van der Waals surface area (Å²) < 4.78 is 7.05. The van der Waals surface area contributed by atoms with Crippen molar-refractivity contribution in [1.29, 1.82) is 0 Å². The maximum atomic E-state index is 11.6. The fraction of sp³-hybridized carbons (Fsp3) is 0.769. The number of nitrogens with zero attached hydrogens (tertiary/aromatic N) is 3. The SMILES string of the molecule is CC(C)(C)OC(=O)N[C@H]1C[C@H](n2nncc2CCO)C1. The zero-order valence-electron chi connectivity index (χ0n) is 12.2. The molecule has 1 saturated carbocycles. The zero-order valence-corrected chi connectivity index (χ0v) is 12.2. The molecule has 1 aromatic rings. The predicted octanol–water partition coefficient (Wildman–Crippen LogP) is 1.04. The van der Waals surface area contributed by atoms with Gasteiger partial charge in [0.05, 0.1) is 17.9 Å². The fourth-order valence-electron chi connectivity index (χ4n) is 2.25. The van der Waals surface area contributed by atoms with Crippen molar-refractivity contribution in [3.63, 3.8) is 0 Å². The van der Waals surface area contributed by atoms with E-state index in [2.05, 4.69) is 15.6 Å². The summed E-state index contributed by atoms with van der Waals surface area (Å²) >= 11 is 0. The van der Waals surface area contributed by atoms with E-state index in [1.165, 1.54) is 0 Å². The summed E-state index contributed by atoms with van der Waals surface area (Å²) in [5.74, 6) is 0. The highest BCUT2D eigenvalue weighted by Crippen LogP contribution is 2.32. The van der Waals surface area contributed by atoms with Crippen LogP contribution in [0.2, 0.25) is 0 Å². The van der Waals surface area contributed by atoms with Crippen molar-refractivity contribution in [3.05, 3.63) is 11.9 Å². The molecular weight excluding hydrogens is 260 g/mol. The van der Waals surface area contributed by atoms with Gasteiger partial charge >= 0.3 is 6.09 Å². The van der Waals surface area contributed by atoms with Crippen LogP contribution in [0, 0.1) is 0 Å². The van der Waals surface area contributed by atoms with E-state index in [-0.39, 0.29) is 24.8 Å². The number of hydrogen-bond acceptors (Lipinski definition) is 5. The van der Waals surface area contributed by atoms with Crippen LogP contribution in [0.3, 0.4) is 0 Å². The van der Waals surface area contributed by atoms with Crippen molar-refractivity contribution in [1.82, 2.24) is 20.3 Å². The molecule has 1 heterocycles. The third-order valence-electron chi connectivity index (χ3n) is 3.20. The summed E-state index contributed by atoms with van der Waals surface area (Å²) in [5.41, 5.74) is 0.446. The Labute approximate surface area is 118 Å². The molecule has 1 aromatic heterocycles. The normalized spacial score (nSPS) is 22.2. The number of aromatic nitrogens is 3. The van der Waals surface area contributed by atoms with E-state index in [1.54, 1.807) is 6.20 Å². The van der Waals surface area contributed by atoms with Crippen molar-refractivity contribution in [3.8, 4) is 0 Å². The molecule has 7 heteroatoms. The minimum atomic E-state index is -0.479. The first-order valence-corrected chi connectivity index (χ1v) is 6.88. The molecule has 20 heavy (non-hydrogen) atoms. The van der Waals surface area contributed by atoms with Crippen molar-refractivity contribution >= 4 is 6.09 Å². The molecule has 1 fully saturated rings. The Kier molecular flexibility index (Phi) is 4.27. The number of ether oxygens (including phenoxy) is 1. The quantitative estimate of drug-likeness (QED) is 0.861. The topological polar surface area (TPSA) is 89.3 Å². The first-order chi connectivity index (χ1) is 9.39. The average molecular weight is 282 g/mol. The van der Waals surface area contributed by atoms with Crippen LogP contribution in [0.1, 0.15) is 45.3 Å². The monoisotopic (exact) mass is 282 g/mol. The van der Waals surface area contributed by atoms with Crippen molar-refractivity contribution in [2.24, 2.45) is 0 Å². The van der Waals surface area contributed by atoms with Gasteiger partial charge in [-0.3, -0.25) is 0 Å². The Bertz CT molecular complexity index is 460. The Morgan fingerprint density at radius 2 is 2.25 bits per heavy atom. The zero-order chi connectivity index (χ0) is 14.8. The number of aliphatic hydroxyl groups excluding tert-OH is 1. The van der Waals surface area contributed by atoms with Gasteiger partial charge in [-0.2, -0.15) is 0 Å². The number of amides is 1. The summed E-state index contributed by atoms with van der Waals surface area (Å²) in [6.07, 6.45) is 3.45. The molecule has 2 N–H and O–H groups in total. The van der Waals surface area contributed by atoms with E-state index in [4.69, 9.17) is 9.84 Å². The first kappa shape index (κ1) is 14.8. The molecular formula is C13H22N4O3. The van der Waals surface area contributed by atoms with Gasteiger partial charge in [0.15, 0.2) is 0 Å². The third-order valence-corrected chi connectivity index (χ3v) is 3.20. The molecule has 0 radical (unpaired) electrons. The molecule has 112 valence electrons. The lowest BCUT2D eigenvalue weighted by molar-refractivity contribution is 0.0451. The summed E-state index contributed by atoms with van der Waals surface area (Å²) in [6, 6.07) is 0.347. The van der Waals surface area contributed by atoms with Gasteiger partial charge < -0.3 is 15.2 Å². The Hall–Kier alpha value is -1.63. The lowest BCUT2D eigenvalue weighted by atomic mass is 9.87. The third kappa shape index (κ3) is 3.69. The molecule has 1 aliphatic rings. The minimum Gasteiger partial charge on any atom is -0.444 e. The minimum absolute atomic E-state index is 0.0830. The second kappa shape index (κ2) is 5.78. The van der Waals surface area contributed by atoms with Gasteiger partial charge in [0.2, 0.25) is 0 Å². The van der Waals surface area contributed by atoms with Crippen molar-refractivity contribution < 1.29 is 14.6 Å². The van der Waals surface area contributed by atoms with Crippen LogP contribution in [0.25, 0.3) is 0 Å². The number of alkyl carbamates (subject to hydrolysis) is 1. The predicted molar refractivity (Wildman–Crippen MR) is 72.2 cm³/mol. The Balaban J connectivity index is 1.80. The second-order valence-electron chi connectivity index (χ2n) is 6.11. The van der Waals surface area contributed by atoms with E-state index in [0.29, 0.717) is 6.42 Å². The van der Waals surface area contributed by atoms with Gasteiger partial charge in [-0.15, -0.1) is 5.10 Å². The first-order valence-electron chi connectivity index (χ1n) is 6.88. The molecule has 0 aromatic carbocycles. The van der Waals surface area contributed by atoms with Crippen LogP contribution in [0.4, 0.5) is 4.79 Å². The van der Waals surface area contributed by atoms with Gasteiger partial charge in [0.25, 0.3) is 0 Å². The van der Waals surface area contributed by atoms with Gasteiger partial charge in [-0.1, -0.05) is 5.21 Å². The number of aliphatic hydroxyl groups is 1. The summed E-state index contributed by atoms with van der Waals surface area (Å²) in [5, 5.41) is 19.7. The van der Waals surface area contributed by atoms with Crippen LogP contribution in [0.15, 0.2) is 6.20 Å². The molecule has 0 spiro atoms. The lowest BCUT2D eigenvalue weighted by Crippen LogP contribution is -2.47. The van der Waals surface area contributed by atoms with E-state index < -0.39 is 5.60 Å². The van der Waals surface area contributed by atoms with Gasteiger partial charge in [0, 0.05) is 19.1 Å². The molecule has 0 atom stereocenters. The molecule has 1 aliphatic carbocycles. The average Bonchev–Trinajstić information content (AvgIpc) is 2.69. The van der Waals surface area contributed by atoms with Crippen LogP contribution < -0.4 is 5.32 Å². The summed E-state index contributed by atoms with van der Waals surface area (Å²) in [6.45, 7) is 5.60. The van der Waals surface area contributed by atoms with E-state index in [1.807, 2.05) is 25.5 Å². The highest BCUT2D eigenvalue weighted by molar-refractivity contribution is 5.68. The molecule has 0 unspecified atom stereocenters. The van der Waals surface area contributed by atoms with Gasteiger partial charge in [-0.25, -0.2) is 9.48 Å².